The van der Waals surface area contributed by atoms with Crippen molar-refractivity contribution in [3.63, 3.8) is 0 Å². The fraction of sp³-hybridized carbons (Fsp3) is 0.571. The molecule has 18 heavy (non-hydrogen) atoms. The van der Waals surface area contributed by atoms with Crippen LogP contribution in [0.5, 0.6) is 0 Å². The van der Waals surface area contributed by atoms with Crippen molar-refractivity contribution in [2.75, 3.05) is 6.61 Å². The molecular formula is C14H19NO3. The van der Waals surface area contributed by atoms with Gasteiger partial charge in [0.05, 0.1) is 17.8 Å². The van der Waals surface area contributed by atoms with Gasteiger partial charge in [0.25, 0.3) is 0 Å². The molecule has 1 aromatic heterocycles. The fourth-order valence-corrected chi connectivity index (χ4v) is 2.16. The summed E-state index contributed by atoms with van der Waals surface area (Å²) < 4.78 is 10.9. The van der Waals surface area contributed by atoms with Crippen LogP contribution in [0.4, 0.5) is 0 Å². The van der Waals surface area contributed by atoms with Crippen molar-refractivity contribution in [3.8, 4) is 0 Å². The highest BCUT2D eigenvalue weighted by Gasteiger charge is 2.23. The lowest BCUT2D eigenvalue weighted by Gasteiger charge is -2.12. The van der Waals surface area contributed by atoms with E-state index in [0.717, 1.165) is 24.8 Å². The van der Waals surface area contributed by atoms with Gasteiger partial charge in [0.1, 0.15) is 6.61 Å². The first-order valence-corrected chi connectivity index (χ1v) is 6.46. The summed E-state index contributed by atoms with van der Waals surface area (Å²) in [5.41, 5.74) is 1.53. The first kappa shape index (κ1) is 13.0. The molecule has 0 aliphatic carbocycles. The molecule has 98 valence electrons. The molecule has 1 aliphatic rings. The Bertz CT molecular complexity index is 419. The van der Waals surface area contributed by atoms with Gasteiger partial charge < -0.3 is 9.47 Å². The molecule has 2 atom stereocenters. The second-order valence-corrected chi connectivity index (χ2v) is 4.63. The van der Waals surface area contributed by atoms with Crippen LogP contribution in [0.15, 0.2) is 18.5 Å². The van der Waals surface area contributed by atoms with E-state index in [1.165, 1.54) is 0 Å². The maximum atomic E-state index is 12.0. The monoisotopic (exact) mass is 249 g/mol. The minimum Gasteiger partial charge on any atom is -0.459 e. The molecule has 1 fully saturated rings. The molecule has 4 nitrogen and oxygen atoms in total. The number of aryl methyl sites for hydroxylation is 1. The third kappa shape index (κ3) is 3.07. The van der Waals surface area contributed by atoms with Gasteiger partial charge in [0.15, 0.2) is 0 Å². The number of aromatic nitrogens is 1. The van der Waals surface area contributed by atoms with Crippen LogP contribution in [0.2, 0.25) is 0 Å². The van der Waals surface area contributed by atoms with Crippen LogP contribution >= 0.6 is 0 Å². The van der Waals surface area contributed by atoms with Gasteiger partial charge in [-0.2, -0.15) is 0 Å². The molecule has 0 aromatic carbocycles. The summed E-state index contributed by atoms with van der Waals surface area (Å²) in [6.07, 6.45) is 6.43. The average Bonchev–Trinajstić information content (AvgIpc) is 2.81. The van der Waals surface area contributed by atoms with E-state index >= 15 is 0 Å². The maximum Gasteiger partial charge on any atom is 0.338 e. The summed E-state index contributed by atoms with van der Waals surface area (Å²) in [5, 5.41) is 0. The van der Waals surface area contributed by atoms with Crippen LogP contribution in [-0.2, 0) is 15.9 Å². The topological polar surface area (TPSA) is 48.4 Å². The van der Waals surface area contributed by atoms with E-state index in [0.29, 0.717) is 12.2 Å². The van der Waals surface area contributed by atoms with E-state index in [-0.39, 0.29) is 18.2 Å². The highest BCUT2D eigenvalue weighted by Crippen LogP contribution is 2.19. The van der Waals surface area contributed by atoms with Gasteiger partial charge >= 0.3 is 5.97 Å². The molecule has 0 unspecified atom stereocenters. The minimum absolute atomic E-state index is 0.0517. The normalized spacial score (nSPS) is 23.0. The Balaban J connectivity index is 1.91. The van der Waals surface area contributed by atoms with E-state index in [9.17, 15) is 4.79 Å². The van der Waals surface area contributed by atoms with Crippen LogP contribution in [0.3, 0.4) is 0 Å². The lowest BCUT2D eigenvalue weighted by atomic mass is 10.1. The van der Waals surface area contributed by atoms with Crippen molar-refractivity contribution in [3.05, 3.63) is 29.6 Å². The number of ether oxygens (including phenoxy) is 2. The lowest BCUT2D eigenvalue weighted by Crippen LogP contribution is -2.19. The molecule has 0 radical (unpaired) electrons. The smallest absolute Gasteiger partial charge is 0.338 e. The molecule has 0 bridgehead atoms. The largest absolute Gasteiger partial charge is 0.459 e. The third-order valence-corrected chi connectivity index (χ3v) is 3.22. The molecule has 1 aliphatic heterocycles. The molecule has 1 aromatic rings. The number of hydrogen-bond acceptors (Lipinski definition) is 4. The summed E-state index contributed by atoms with van der Waals surface area (Å²) in [5.74, 6) is -0.280. The predicted molar refractivity (Wildman–Crippen MR) is 67.5 cm³/mol. The third-order valence-electron chi connectivity index (χ3n) is 3.22. The van der Waals surface area contributed by atoms with Crippen molar-refractivity contribution in [2.24, 2.45) is 0 Å². The molecule has 4 heteroatoms. The highest BCUT2D eigenvalue weighted by atomic mass is 16.6. The van der Waals surface area contributed by atoms with Gasteiger partial charge in [-0.1, -0.05) is 6.92 Å². The van der Waals surface area contributed by atoms with Crippen LogP contribution in [0.1, 0.15) is 42.6 Å². The quantitative estimate of drug-likeness (QED) is 0.769. The second-order valence-electron chi connectivity index (χ2n) is 4.63. The van der Waals surface area contributed by atoms with Crippen molar-refractivity contribution >= 4 is 5.97 Å². The first-order valence-electron chi connectivity index (χ1n) is 6.46. The van der Waals surface area contributed by atoms with E-state index < -0.39 is 0 Å². The van der Waals surface area contributed by atoms with Crippen LogP contribution < -0.4 is 0 Å². The Morgan fingerprint density at radius 3 is 3.06 bits per heavy atom. The van der Waals surface area contributed by atoms with Crippen LogP contribution in [-0.4, -0.2) is 29.8 Å². The van der Waals surface area contributed by atoms with Gasteiger partial charge in [-0.25, -0.2) is 4.79 Å². The Labute approximate surface area is 107 Å². The molecular weight excluding hydrogens is 230 g/mol. The van der Waals surface area contributed by atoms with E-state index in [1.54, 1.807) is 18.5 Å². The molecule has 0 saturated carbocycles. The molecule has 0 N–H and O–H groups in total. The first-order chi connectivity index (χ1) is 8.70. The summed E-state index contributed by atoms with van der Waals surface area (Å²) >= 11 is 0. The second kappa shape index (κ2) is 5.96. The predicted octanol–water partition coefficient (Wildman–Crippen LogP) is 2.37. The number of carbonyl (C=O) groups is 1. The number of esters is 1. The van der Waals surface area contributed by atoms with Gasteiger partial charge in [-0.05, 0) is 37.8 Å². The summed E-state index contributed by atoms with van der Waals surface area (Å²) in [6, 6.07) is 1.71. The zero-order valence-electron chi connectivity index (χ0n) is 10.9. The van der Waals surface area contributed by atoms with E-state index in [2.05, 4.69) is 4.98 Å². The molecule has 0 amide bonds. The Morgan fingerprint density at radius 1 is 1.56 bits per heavy atom. The number of carbonyl (C=O) groups excluding carboxylic acids is 1. The standard InChI is InChI=1S/C14H19NO3/c1-3-11-8-15-7-6-13(11)14(16)17-9-12-5-4-10(2)18-12/h6-8,10,12H,3-5,9H2,1-2H3/t10-,12+/m0/s1. The van der Waals surface area contributed by atoms with Gasteiger partial charge in [0, 0.05) is 12.4 Å². The fourth-order valence-electron chi connectivity index (χ4n) is 2.16. The molecule has 1 saturated heterocycles. The van der Waals surface area contributed by atoms with Gasteiger partial charge in [-0.3, -0.25) is 4.98 Å². The zero-order chi connectivity index (χ0) is 13.0. The number of rotatable bonds is 4. The van der Waals surface area contributed by atoms with Gasteiger partial charge in [0.2, 0.25) is 0 Å². The Morgan fingerprint density at radius 2 is 2.39 bits per heavy atom. The van der Waals surface area contributed by atoms with Gasteiger partial charge in [-0.15, -0.1) is 0 Å². The Hall–Kier alpha value is -1.42. The van der Waals surface area contributed by atoms with E-state index in [4.69, 9.17) is 9.47 Å². The number of hydrogen-bond donors (Lipinski definition) is 0. The highest BCUT2D eigenvalue weighted by molar-refractivity contribution is 5.90. The summed E-state index contributed by atoms with van der Waals surface area (Å²) in [6.45, 7) is 4.38. The average molecular weight is 249 g/mol. The van der Waals surface area contributed by atoms with Crippen molar-refractivity contribution in [2.45, 2.75) is 45.3 Å². The SMILES string of the molecule is CCc1cnccc1C(=O)OC[C@H]1CC[C@H](C)O1. The minimum atomic E-state index is -0.280. The van der Waals surface area contributed by atoms with E-state index in [1.807, 2.05) is 13.8 Å². The van der Waals surface area contributed by atoms with Crippen molar-refractivity contribution in [1.29, 1.82) is 0 Å². The maximum absolute atomic E-state index is 12.0. The Kier molecular flexibility index (Phi) is 4.31. The molecule has 2 rings (SSSR count). The summed E-state index contributed by atoms with van der Waals surface area (Å²) in [4.78, 5) is 16.0. The van der Waals surface area contributed by atoms with Crippen molar-refractivity contribution < 1.29 is 14.3 Å². The lowest BCUT2D eigenvalue weighted by molar-refractivity contribution is -0.00272. The van der Waals surface area contributed by atoms with Crippen molar-refractivity contribution in [1.82, 2.24) is 4.98 Å². The molecule has 0 spiro atoms. The number of nitrogens with zero attached hydrogens (tertiary/aromatic N) is 1. The van der Waals surface area contributed by atoms with Crippen LogP contribution in [0.25, 0.3) is 0 Å². The van der Waals surface area contributed by atoms with Crippen LogP contribution in [0, 0.1) is 0 Å². The zero-order valence-corrected chi connectivity index (χ0v) is 10.9. The summed E-state index contributed by atoms with van der Waals surface area (Å²) in [7, 11) is 0. The number of pyridine rings is 1. The molecule has 2 heterocycles.